The summed E-state index contributed by atoms with van der Waals surface area (Å²) < 4.78 is 11.9. The molecule has 0 saturated heterocycles. The lowest BCUT2D eigenvalue weighted by atomic mass is 10.2. The fourth-order valence-corrected chi connectivity index (χ4v) is 2.87. The summed E-state index contributed by atoms with van der Waals surface area (Å²) in [5.74, 6) is 1.47. The predicted octanol–water partition coefficient (Wildman–Crippen LogP) is 2.71. The summed E-state index contributed by atoms with van der Waals surface area (Å²) in [5, 5.41) is 15.6. The van der Waals surface area contributed by atoms with E-state index in [2.05, 4.69) is 20.6 Å². The van der Waals surface area contributed by atoms with Gasteiger partial charge in [0, 0.05) is 5.56 Å². The van der Waals surface area contributed by atoms with Crippen LogP contribution in [0.1, 0.15) is 10.4 Å². The van der Waals surface area contributed by atoms with Gasteiger partial charge in [0.2, 0.25) is 15.9 Å². The highest BCUT2D eigenvalue weighted by Gasteiger charge is 2.16. The lowest BCUT2D eigenvalue weighted by Gasteiger charge is -2.03. The number of nitrogens with one attached hydrogen (secondary N) is 1. The smallest absolute Gasteiger partial charge is 0.257 e. The number of methoxy groups -OCH3 is 1. The quantitative estimate of drug-likeness (QED) is 0.613. The topological polar surface area (TPSA) is 94.5 Å². The van der Waals surface area contributed by atoms with E-state index in [9.17, 15) is 4.79 Å². The molecular weight excluding hydrogens is 330 g/mol. The van der Waals surface area contributed by atoms with Crippen LogP contribution >= 0.6 is 11.3 Å². The fourth-order valence-electron chi connectivity index (χ4n) is 2.14. The number of ether oxygens (including phenoxy) is 1. The Morgan fingerprint density at radius 1 is 1.25 bits per heavy atom. The molecule has 3 aromatic heterocycles. The summed E-state index contributed by atoms with van der Waals surface area (Å²) >= 11 is 1.23. The van der Waals surface area contributed by atoms with E-state index in [1.54, 1.807) is 49.8 Å². The van der Waals surface area contributed by atoms with E-state index in [0.717, 1.165) is 0 Å². The second kappa shape index (κ2) is 5.78. The molecule has 0 aliphatic rings. The number of amides is 1. The third-order valence-electron chi connectivity index (χ3n) is 3.31. The summed E-state index contributed by atoms with van der Waals surface area (Å²) in [4.78, 5) is 12.8. The lowest BCUT2D eigenvalue weighted by Crippen LogP contribution is -2.11. The molecule has 0 aliphatic heterocycles. The Morgan fingerprint density at radius 2 is 2.08 bits per heavy atom. The number of aromatic nitrogens is 4. The highest BCUT2D eigenvalue weighted by molar-refractivity contribution is 7.20. The van der Waals surface area contributed by atoms with Gasteiger partial charge in [0.15, 0.2) is 5.76 Å². The van der Waals surface area contributed by atoms with E-state index in [1.807, 2.05) is 0 Å². The molecule has 0 radical (unpaired) electrons. The minimum atomic E-state index is -0.262. The number of benzene rings is 1. The van der Waals surface area contributed by atoms with E-state index >= 15 is 0 Å². The van der Waals surface area contributed by atoms with Gasteiger partial charge in [-0.25, -0.2) is 0 Å². The van der Waals surface area contributed by atoms with Crippen molar-refractivity contribution in [3.63, 3.8) is 0 Å². The minimum Gasteiger partial charge on any atom is -0.497 e. The zero-order valence-electron chi connectivity index (χ0n) is 12.5. The van der Waals surface area contributed by atoms with Gasteiger partial charge in [-0.05, 0) is 36.4 Å². The van der Waals surface area contributed by atoms with Crippen molar-refractivity contribution >= 4 is 27.3 Å². The van der Waals surface area contributed by atoms with Crippen LogP contribution in [-0.2, 0) is 0 Å². The van der Waals surface area contributed by atoms with Crippen LogP contribution in [0.2, 0.25) is 0 Å². The first-order valence-corrected chi connectivity index (χ1v) is 7.78. The molecule has 0 atom stereocenters. The Balaban J connectivity index is 1.59. The van der Waals surface area contributed by atoms with Gasteiger partial charge in [-0.15, -0.1) is 15.3 Å². The second-order valence-electron chi connectivity index (χ2n) is 4.79. The molecule has 4 aromatic rings. The number of rotatable bonds is 4. The molecule has 9 heteroatoms. The SMILES string of the molecule is COc1ccc(C(=O)Nc2nn3c(-c4ccco4)nnc3s2)cc1. The number of furan rings is 1. The molecule has 0 unspecified atom stereocenters. The molecule has 3 heterocycles. The van der Waals surface area contributed by atoms with Gasteiger partial charge >= 0.3 is 0 Å². The van der Waals surface area contributed by atoms with E-state index < -0.39 is 0 Å². The Bertz CT molecular complexity index is 988. The van der Waals surface area contributed by atoms with E-state index in [1.165, 1.54) is 15.9 Å². The number of hydrogen-bond acceptors (Lipinski definition) is 7. The maximum atomic E-state index is 12.3. The predicted molar refractivity (Wildman–Crippen MR) is 87.3 cm³/mol. The third-order valence-corrected chi connectivity index (χ3v) is 4.12. The van der Waals surface area contributed by atoms with Gasteiger partial charge in [0.25, 0.3) is 5.91 Å². The molecule has 120 valence electrons. The van der Waals surface area contributed by atoms with Gasteiger partial charge in [-0.3, -0.25) is 10.1 Å². The zero-order valence-corrected chi connectivity index (χ0v) is 13.3. The fraction of sp³-hybridized carbons (Fsp3) is 0.0667. The van der Waals surface area contributed by atoms with Crippen molar-refractivity contribution in [2.45, 2.75) is 0 Å². The zero-order chi connectivity index (χ0) is 16.5. The molecule has 1 amide bonds. The van der Waals surface area contributed by atoms with Gasteiger partial charge in [0.05, 0.1) is 13.4 Å². The molecule has 1 aromatic carbocycles. The maximum Gasteiger partial charge on any atom is 0.257 e. The van der Waals surface area contributed by atoms with Crippen LogP contribution < -0.4 is 10.1 Å². The van der Waals surface area contributed by atoms with Crippen molar-refractivity contribution in [3.05, 3.63) is 48.2 Å². The summed E-state index contributed by atoms with van der Waals surface area (Å²) in [5.41, 5.74) is 0.507. The Hall–Kier alpha value is -3.20. The molecule has 1 N–H and O–H groups in total. The molecule has 0 saturated carbocycles. The van der Waals surface area contributed by atoms with Crippen LogP contribution in [0.15, 0.2) is 47.1 Å². The normalized spacial score (nSPS) is 10.9. The highest BCUT2D eigenvalue weighted by atomic mass is 32.1. The minimum absolute atomic E-state index is 0.262. The molecule has 24 heavy (non-hydrogen) atoms. The second-order valence-corrected chi connectivity index (χ2v) is 5.74. The molecule has 0 aliphatic carbocycles. The first kappa shape index (κ1) is 14.4. The van der Waals surface area contributed by atoms with Crippen molar-refractivity contribution in [2.24, 2.45) is 0 Å². The first-order valence-electron chi connectivity index (χ1n) is 6.96. The van der Waals surface area contributed by atoms with E-state index in [4.69, 9.17) is 9.15 Å². The van der Waals surface area contributed by atoms with Crippen LogP contribution in [0.5, 0.6) is 5.75 Å². The van der Waals surface area contributed by atoms with Crippen LogP contribution in [-0.4, -0.2) is 32.8 Å². The first-order chi connectivity index (χ1) is 11.7. The van der Waals surface area contributed by atoms with Crippen molar-refractivity contribution in [1.29, 1.82) is 0 Å². The van der Waals surface area contributed by atoms with E-state index in [-0.39, 0.29) is 5.91 Å². The number of anilines is 1. The molecule has 0 fully saturated rings. The lowest BCUT2D eigenvalue weighted by molar-refractivity contribution is 0.102. The summed E-state index contributed by atoms with van der Waals surface area (Å²) in [7, 11) is 1.57. The van der Waals surface area contributed by atoms with Gasteiger partial charge in [-0.2, -0.15) is 4.52 Å². The van der Waals surface area contributed by atoms with Crippen molar-refractivity contribution in [2.75, 3.05) is 12.4 Å². The highest BCUT2D eigenvalue weighted by Crippen LogP contribution is 2.24. The van der Waals surface area contributed by atoms with Gasteiger partial charge in [0.1, 0.15) is 5.75 Å². The average molecular weight is 341 g/mol. The molecule has 0 spiro atoms. The molecule has 4 rings (SSSR count). The van der Waals surface area contributed by atoms with E-state index in [0.29, 0.717) is 33.0 Å². The Kier molecular flexibility index (Phi) is 3.47. The number of carbonyl (C=O) groups excluding carboxylic acids is 1. The number of fused-ring (bicyclic) bond motifs is 1. The standard InChI is InChI=1S/C15H11N5O3S/c1-22-10-6-4-9(5-7-10)13(21)16-14-19-20-12(11-3-2-8-23-11)17-18-15(20)24-14/h2-8H,1H3,(H,16,19,21). The average Bonchev–Trinajstić information content (AvgIpc) is 3.31. The number of hydrogen-bond donors (Lipinski definition) is 1. The third kappa shape index (κ3) is 2.50. The summed E-state index contributed by atoms with van der Waals surface area (Å²) in [6.45, 7) is 0. The summed E-state index contributed by atoms with van der Waals surface area (Å²) in [6, 6.07) is 10.3. The molecule has 0 bridgehead atoms. The van der Waals surface area contributed by atoms with Crippen molar-refractivity contribution in [3.8, 4) is 17.3 Å². The van der Waals surface area contributed by atoms with Crippen LogP contribution in [0.25, 0.3) is 16.5 Å². The largest absolute Gasteiger partial charge is 0.497 e. The Labute approximate surface area is 139 Å². The maximum absolute atomic E-state index is 12.3. The summed E-state index contributed by atoms with van der Waals surface area (Å²) in [6.07, 6.45) is 1.55. The van der Waals surface area contributed by atoms with Gasteiger partial charge in [-0.1, -0.05) is 11.3 Å². The van der Waals surface area contributed by atoms with Gasteiger partial charge < -0.3 is 9.15 Å². The monoisotopic (exact) mass is 341 g/mol. The van der Waals surface area contributed by atoms with Crippen molar-refractivity contribution < 1.29 is 13.9 Å². The number of carbonyl (C=O) groups is 1. The molecule has 8 nitrogen and oxygen atoms in total. The van der Waals surface area contributed by atoms with Crippen LogP contribution in [0.3, 0.4) is 0 Å². The Morgan fingerprint density at radius 3 is 2.79 bits per heavy atom. The van der Waals surface area contributed by atoms with Crippen LogP contribution in [0, 0.1) is 0 Å². The number of nitrogens with zero attached hydrogens (tertiary/aromatic N) is 4. The van der Waals surface area contributed by atoms with Crippen LogP contribution in [0.4, 0.5) is 5.13 Å². The van der Waals surface area contributed by atoms with Crippen molar-refractivity contribution in [1.82, 2.24) is 19.8 Å². The molecular formula is C15H11N5O3S.